The smallest absolute Gasteiger partial charge is 0.140 e. The molecule has 3 nitrogen and oxygen atoms in total. The van der Waals surface area contributed by atoms with Crippen LogP contribution >= 0.6 is 0 Å². The topological polar surface area (TPSA) is 22.8 Å². The summed E-state index contributed by atoms with van der Waals surface area (Å²) >= 11 is 0. The van der Waals surface area contributed by atoms with Gasteiger partial charge in [-0.1, -0.05) is 24.5 Å². The Morgan fingerprint density at radius 3 is 2.41 bits per heavy atom. The lowest BCUT2D eigenvalue weighted by Gasteiger charge is -2.16. The van der Waals surface area contributed by atoms with Crippen LogP contribution in [-0.2, 0) is 0 Å². The van der Waals surface area contributed by atoms with Crippen molar-refractivity contribution >= 4 is 21.8 Å². The van der Waals surface area contributed by atoms with Crippen LogP contribution in [0, 0.1) is 6.92 Å². The molecule has 0 atom stereocenters. The zero-order chi connectivity index (χ0) is 18.5. The minimum atomic E-state index is 0.403. The molecule has 2 aromatic heterocycles. The highest BCUT2D eigenvalue weighted by atomic mass is 15.1. The first-order valence-electron chi connectivity index (χ1n) is 10.2. The van der Waals surface area contributed by atoms with Crippen molar-refractivity contribution in [2.45, 2.75) is 58.5 Å². The summed E-state index contributed by atoms with van der Waals surface area (Å²) in [5.41, 5.74) is 5.27. The van der Waals surface area contributed by atoms with Gasteiger partial charge in [0.05, 0.1) is 0 Å². The summed E-state index contributed by atoms with van der Waals surface area (Å²) in [5, 5.41) is 2.73. The average Bonchev–Trinajstić information content (AvgIpc) is 3.39. The maximum atomic E-state index is 4.65. The van der Waals surface area contributed by atoms with Crippen molar-refractivity contribution in [2.75, 3.05) is 0 Å². The molecule has 0 amide bonds. The number of hydrogen-bond acceptors (Lipinski definition) is 1. The summed E-state index contributed by atoms with van der Waals surface area (Å²) in [7, 11) is 0. The number of hydrogen-bond donors (Lipinski definition) is 0. The molecular formula is C24H27N3. The predicted octanol–water partition coefficient (Wildman–Crippen LogP) is 6.66. The minimum absolute atomic E-state index is 0.403. The molecule has 1 saturated carbocycles. The highest BCUT2D eigenvalue weighted by Gasteiger charge is 2.22. The molecule has 0 unspecified atom stereocenters. The number of fused-ring (bicyclic) bond motifs is 3. The number of rotatable bonds is 3. The van der Waals surface area contributed by atoms with E-state index in [9.17, 15) is 0 Å². The van der Waals surface area contributed by atoms with Gasteiger partial charge in [-0.15, -0.1) is 0 Å². The quantitative estimate of drug-likeness (QED) is 0.402. The lowest BCUT2D eigenvalue weighted by Crippen LogP contribution is -2.04. The van der Waals surface area contributed by atoms with Crippen LogP contribution in [0.1, 0.15) is 57.2 Å². The van der Waals surface area contributed by atoms with Crippen molar-refractivity contribution in [1.82, 2.24) is 14.1 Å². The Morgan fingerprint density at radius 1 is 0.963 bits per heavy atom. The van der Waals surface area contributed by atoms with Gasteiger partial charge in [0.25, 0.3) is 0 Å². The molecule has 3 heteroatoms. The van der Waals surface area contributed by atoms with Gasteiger partial charge in [-0.2, -0.15) is 0 Å². The van der Waals surface area contributed by atoms with E-state index >= 15 is 0 Å². The molecule has 27 heavy (non-hydrogen) atoms. The van der Waals surface area contributed by atoms with E-state index < -0.39 is 0 Å². The molecule has 0 aliphatic heterocycles. The van der Waals surface area contributed by atoms with Crippen LogP contribution in [0.2, 0.25) is 0 Å². The van der Waals surface area contributed by atoms with Crippen LogP contribution in [0.5, 0.6) is 0 Å². The summed E-state index contributed by atoms with van der Waals surface area (Å²) in [6, 6.07) is 14.9. The number of aryl methyl sites for hydroxylation is 1. The number of nitrogens with zero attached hydrogens (tertiary/aromatic N) is 3. The Hall–Kier alpha value is -2.55. The average molecular weight is 358 g/mol. The molecular weight excluding hydrogens is 330 g/mol. The van der Waals surface area contributed by atoms with Crippen LogP contribution < -0.4 is 0 Å². The fourth-order valence-corrected chi connectivity index (χ4v) is 4.82. The number of imidazole rings is 1. The van der Waals surface area contributed by atoms with Crippen molar-refractivity contribution in [2.24, 2.45) is 0 Å². The van der Waals surface area contributed by atoms with Crippen LogP contribution in [0.3, 0.4) is 0 Å². The van der Waals surface area contributed by atoms with E-state index in [1.807, 2.05) is 6.20 Å². The van der Waals surface area contributed by atoms with Gasteiger partial charge in [-0.3, -0.25) is 0 Å². The third-order valence-electron chi connectivity index (χ3n) is 6.13. The zero-order valence-corrected chi connectivity index (χ0v) is 16.4. The summed E-state index contributed by atoms with van der Waals surface area (Å²) in [5.74, 6) is 1.06. The maximum Gasteiger partial charge on any atom is 0.140 e. The summed E-state index contributed by atoms with van der Waals surface area (Å²) in [4.78, 5) is 4.65. The fourth-order valence-electron chi connectivity index (χ4n) is 4.82. The molecule has 0 spiro atoms. The van der Waals surface area contributed by atoms with Crippen molar-refractivity contribution in [3.8, 4) is 11.4 Å². The Bertz CT molecular complexity index is 1120. The van der Waals surface area contributed by atoms with Gasteiger partial charge in [0.2, 0.25) is 0 Å². The standard InChI is InChI=1S/C24H27N3/c1-16(2)26-13-12-25-24(26)18-9-11-23-21(15-18)20-14-17(3)8-10-22(20)27(23)19-6-4-5-7-19/h8-16,19H,4-7H2,1-3H3. The van der Waals surface area contributed by atoms with Crippen molar-refractivity contribution < 1.29 is 0 Å². The Morgan fingerprint density at radius 2 is 1.67 bits per heavy atom. The second kappa shape index (κ2) is 6.26. The van der Waals surface area contributed by atoms with Crippen LogP contribution in [0.25, 0.3) is 33.2 Å². The van der Waals surface area contributed by atoms with Gasteiger partial charge in [-0.25, -0.2) is 4.98 Å². The summed E-state index contributed by atoms with van der Waals surface area (Å²) in [6.07, 6.45) is 9.28. The van der Waals surface area contributed by atoms with Gasteiger partial charge in [0, 0.05) is 51.8 Å². The molecule has 2 aromatic carbocycles. The first-order chi connectivity index (χ1) is 13.1. The second-order valence-corrected chi connectivity index (χ2v) is 8.31. The minimum Gasteiger partial charge on any atom is -0.337 e. The largest absolute Gasteiger partial charge is 0.337 e. The molecule has 2 heterocycles. The van der Waals surface area contributed by atoms with Crippen LogP contribution in [0.15, 0.2) is 48.8 Å². The maximum absolute atomic E-state index is 4.65. The van der Waals surface area contributed by atoms with E-state index in [4.69, 9.17) is 0 Å². The molecule has 0 radical (unpaired) electrons. The predicted molar refractivity (Wildman–Crippen MR) is 113 cm³/mol. The molecule has 4 aromatic rings. The van der Waals surface area contributed by atoms with Gasteiger partial charge < -0.3 is 9.13 Å². The van der Waals surface area contributed by atoms with Gasteiger partial charge >= 0.3 is 0 Å². The summed E-state index contributed by atoms with van der Waals surface area (Å²) < 4.78 is 4.86. The molecule has 1 fully saturated rings. The molecule has 0 N–H and O–H groups in total. The van der Waals surface area contributed by atoms with Gasteiger partial charge in [-0.05, 0) is 63.9 Å². The van der Waals surface area contributed by atoms with E-state index in [0.29, 0.717) is 12.1 Å². The lowest BCUT2D eigenvalue weighted by atomic mass is 10.1. The zero-order valence-electron chi connectivity index (χ0n) is 16.4. The molecule has 0 bridgehead atoms. The van der Waals surface area contributed by atoms with E-state index in [2.05, 4.69) is 77.5 Å². The molecule has 1 aliphatic rings. The van der Waals surface area contributed by atoms with Crippen molar-refractivity contribution in [1.29, 1.82) is 0 Å². The Labute approximate surface area is 160 Å². The third kappa shape index (κ3) is 2.60. The first kappa shape index (κ1) is 16.6. The Kier molecular flexibility index (Phi) is 3.85. The third-order valence-corrected chi connectivity index (χ3v) is 6.13. The van der Waals surface area contributed by atoms with Gasteiger partial charge in [0.1, 0.15) is 5.82 Å². The van der Waals surface area contributed by atoms with Crippen LogP contribution in [0.4, 0.5) is 0 Å². The number of aromatic nitrogens is 3. The Balaban J connectivity index is 1.78. The van der Waals surface area contributed by atoms with E-state index in [1.165, 1.54) is 58.6 Å². The van der Waals surface area contributed by atoms with Crippen molar-refractivity contribution in [3.63, 3.8) is 0 Å². The highest BCUT2D eigenvalue weighted by Crippen LogP contribution is 2.40. The SMILES string of the molecule is Cc1ccc2c(c1)c1cc(-c3nccn3C(C)C)ccc1n2C1CCCC1. The first-order valence-corrected chi connectivity index (χ1v) is 10.2. The lowest BCUT2D eigenvalue weighted by molar-refractivity contribution is 0.550. The molecule has 138 valence electrons. The van der Waals surface area contributed by atoms with E-state index in [1.54, 1.807) is 0 Å². The van der Waals surface area contributed by atoms with E-state index in [-0.39, 0.29) is 0 Å². The monoisotopic (exact) mass is 357 g/mol. The molecule has 5 rings (SSSR count). The molecule has 1 aliphatic carbocycles. The second-order valence-electron chi connectivity index (χ2n) is 8.31. The van der Waals surface area contributed by atoms with Crippen molar-refractivity contribution in [3.05, 3.63) is 54.4 Å². The van der Waals surface area contributed by atoms with Crippen LogP contribution in [-0.4, -0.2) is 14.1 Å². The van der Waals surface area contributed by atoms with Gasteiger partial charge in [0.15, 0.2) is 0 Å². The van der Waals surface area contributed by atoms with E-state index in [0.717, 1.165) is 5.82 Å². The summed E-state index contributed by atoms with van der Waals surface area (Å²) in [6.45, 7) is 6.60. The highest BCUT2D eigenvalue weighted by molar-refractivity contribution is 6.09. The number of benzene rings is 2. The fraction of sp³-hybridized carbons (Fsp3) is 0.375. The molecule has 0 saturated heterocycles. The normalized spacial score (nSPS) is 15.6.